The minimum absolute atomic E-state index is 0.353. The van der Waals surface area contributed by atoms with Gasteiger partial charge in [-0.3, -0.25) is 0 Å². The molecule has 1 atom stereocenters. The maximum absolute atomic E-state index is 6.04. The zero-order valence-electron chi connectivity index (χ0n) is 7.93. The Kier molecular flexibility index (Phi) is 2.55. The molecule has 0 amide bonds. The molecule has 0 bridgehead atoms. The summed E-state index contributed by atoms with van der Waals surface area (Å²) in [5.74, 6) is 0. The van der Waals surface area contributed by atoms with Crippen molar-refractivity contribution in [2.45, 2.75) is 33.2 Å². The molecular weight excluding hydrogens is 136 g/mol. The maximum Gasteiger partial charge on any atom is 0.0220 e. The Labute approximate surface area is 69.8 Å². The van der Waals surface area contributed by atoms with Crippen LogP contribution in [0.1, 0.15) is 27.2 Å². The first-order valence-corrected chi connectivity index (χ1v) is 4.54. The Bertz CT molecular complexity index is 132. The number of nitrogens with zero attached hydrogens (tertiary/aromatic N) is 1. The molecule has 1 saturated heterocycles. The van der Waals surface area contributed by atoms with E-state index in [1.807, 2.05) is 0 Å². The van der Waals surface area contributed by atoms with Crippen molar-refractivity contribution in [3.63, 3.8) is 0 Å². The average molecular weight is 156 g/mol. The molecule has 0 aromatic rings. The standard InChI is InChI=1S/C9H20N2/c1-4-11-6-5-9(2,3)8(10)7-11/h8H,4-7,10H2,1-3H3. The van der Waals surface area contributed by atoms with Crippen LogP contribution in [0.25, 0.3) is 0 Å². The van der Waals surface area contributed by atoms with E-state index in [9.17, 15) is 0 Å². The molecule has 2 heteroatoms. The lowest BCUT2D eigenvalue weighted by atomic mass is 9.79. The molecule has 2 nitrogen and oxygen atoms in total. The van der Waals surface area contributed by atoms with Crippen LogP contribution in [0.15, 0.2) is 0 Å². The van der Waals surface area contributed by atoms with E-state index in [1.54, 1.807) is 0 Å². The van der Waals surface area contributed by atoms with E-state index in [1.165, 1.54) is 13.0 Å². The quantitative estimate of drug-likeness (QED) is 0.615. The summed E-state index contributed by atoms with van der Waals surface area (Å²) in [6, 6.07) is 0.358. The molecule has 2 N–H and O–H groups in total. The first-order valence-electron chi connectivity index (χ1n) is 4.54. The van der Waals surface area contributed by atoms with Gasteiger partial charge in [0.05, 0.1) is 0 Å². The van der Waals surface area contributed by atoms with Crippen LogP contribution in [0.2, 0.25) is 0 Å². The van der Waals surface area contributed by atoms with Crippen LogP contribution in [0.5, 0.6) is 0 Å². The van der Waals surface area contributed by atoms with Crippen LogP contribution in [0.3, 0.4) is 0 Å². The van der Waals surface area contributed by atoms with Gasteiger partial charge in [-0.15, -0.1) is 0 Å². The van der Waals surface area contributed by atoms with E-state index in [0.717, 1.165) is 13.1 Å². The third-order valence-electron chi connectivity index (χ3n) is 2.98. The molecule has 0 radical (unpaired) electrons. The average Bonchev–Trinajstić information content (AvgIpc) is 1.95. The SMILES string of the molecule is CCN1CCC(C)(C)C(N)C1. The number of likely N-dealkylation sites (N-methyl/N-ethyl adjacent to an activating group) is 1. The highest BCUT2D eigenvalue weighted by Gasteiger charge is 2.31. The highest BCUT2D eigenvalue weighted by Crippen LogP contribution is 2.28. The van der Waals surface area contributed by atoms with Gasteiger partial charge >= 0.3 is 0 Å². The third kappa shape index (κ3) is 1.94. The van der Waals surface area contributed by atoms with E-state index >= 15 is 0 Å². The summed E-state index contributed by atoms with van der Waals surface area (Å²) < 4.78 is 0. The monoisotopic (exact) mass is 156 g/mol. The number of hydrogen-bond acceptors (Lipinski definition) is 2. The molecule has 0 saturated carbocycles. The number of piperidine rings is 1. The Morgan fingerprint density at radius 1 is 1.55 bits per heavy atom. The summed E-state index contributed by atoms with van der Waals surface area (Å²) in [4.78, 5) is 2.43. The van der Waals surface area contributed by atoms with E-state index in [-0.39, 0.29) is 0 Å². The smallest absolute Gasteiger partial charge is 0.0220 e. The zero-order valence-corrected chi connectivity index (χ0v) is 7.93. The second-order valence-corrected chi connectivity index (χ2v) is 4.24. The Balaban J connectivity index is 2.48. The van der Waals surface area contributed by atoms with Crippen LogP contribution in [-0.2, 0) is 0 Å². The fourth-order valence-electron chi connectivity index (χ4n) is 1.54. The van der Waals surface area contributed by atoms with Crippen molar-refractivity contribution in [2.24, 2.45) is 11.1 Å². The van der Waals surface area contributed by atoms with E-state index < -0.39 is 0 Å². The van der Waals surface area contributed by atoms with Gasteiger partial charge in [-0.2, -0.15) is 0 Å². The van der Waals surface area contributed by atoms with Crippen LogP contribution in [0, 0.1) is 5.41 Å². The molecule has 1 fully saturated rings. The molecule has 0 spiro atoms. The van der Waals surface area contributed by atoms with Gasteiger partial charge in [0.15, 0.2) is 0 Å². The van der Waals surface area contributed by atoms with Crippen molar-refractivity contribution in [1.29, 1.82) is 0 Å². The molecule has 1 aliphatic heterocycles. The summed E-state index contributed by atoms with van der Waals surface area (Å²) in [7, 11) is 0. The fraction of sp³-hybridized carbons (Fsp3) is 1.00. The molecule has 0 aliphatic carbocycles. The normalized spacial score (nSPS) is 32.2. The molecule has 1 rings (SSSR count). The predicted molar refractivity (Wildman–Crippen MR) is 48.5 cm³/mol. The van der Waals surface area contributed by atoms with Gasteiger partial charge in [0, 0.05) is 12.6 Å². The van der Waals surface area contributed by atoms with Crippen LogP contribution in [-0.4, -0.2) is 30.6 Å². The van der Waals surface area contributed by atoms with Crippen molar-refractivity contribution in [3.05, 3.63) is 0 Å². The highest BCUT2D eigenvalue weighted by molar-refractivity contribution is 4.88. The van der Waals surface area contributed by atoms with Crippen molar-refractivity contribution in [2.75, 3.05) is 19.6 Å². The van der Waals surface area contributed by atoms with Gasteiger partial charge in [0.25, 0.3) is 0 Å². The summed E-state index contributed by atoms with van der Waals surface area (Å²) >= 11 is 0. The van der Waals surface area contributed by atoms with Gasteiger partial charge < -0.3 is 10.6 Å². The Hall–Kier alpha value is -0.0800. The number of nitrogens with two attached hydrogens (primary N) is 1. The second-order valence-electron chi connectivity index (χ2n) is 4.24. The van der Waals surface area contributed by atoms with Crippen LogP contribution >= 0.6 is 0 Å². The number of rotatable bonds is 1. The number of hydrogen-bond donors (Lipinski definition) is 1. The van der Waals surface area contributed by atoms with Crippen molar-refractivity contribution in [1.82, 2.24) is 4.90 Å². The largest absolute Gasteiger partial charge is 0.326 e. The first-order chi connectivity index (χ1) is 5.06. The lowest BCUT2D eigenvalue weighted by molar-refractivity contribution is 0.111. The summed E-state index contributed by atoms with van der Waals surface area (Å²) in [6.45, 7) is 10.2. The molecule has 1 aliphatic rings. The minimum Gasteiger partial charge on any atom is -0.326 e. The van der Waals surface area contributed by atoms with Gasteiger partial charge in [0.1, 0.15) is 0 Å². The van der Waals surface area contributed by atoms with Crippen molar-refractivity contribution in [3.8, 4) is 0 Å². The predicted octanol–water partition coefficient (Wildman–Crippen LogP) is 1.07. The van der Waals surface area contributed by atoms with Gasteiger partial charge in [0.2, 0.25) is 0 Å². The summed E-state index contributed by atoms with van der Waals surface area (Å²) in [6.07, 6.45) is 1.24. The fourth-order valence-corrected chi connectivity index (χ4v) is 1.54. The minimum atomic E-state index is 0.353. The van der Waals surface area contributed by atoms with Crippen molar-refractivity contribution < 1.29 is 0 Å². The molecule has 1 heterocycles. The lowest BCUT2D eigenvalue weighted by Gasteiger charge is -2.41. The van der Waals surface area contributed by atoms with E-state index in [2.05, 4.69) is 25.7 Å². The zero-order chi connectivity index (χ0) is 8.48. The Morgan fingerprint density at radius 3 is 2.64 bits per heavy atom. The maximum atomic E-state index is 6.04. The van der Waals surface area contributed by atoms with E-state index in [4.69, 9.17) is 5.73 Å². The molecule has 11 heavy (non-hydrogen) atoms. The lowest BCUT2D eigenvalue weighted by Crippen LogP contribution is -2.52. The molecule has 66 valence electrons. The highest BCUT2D eigenvalue weighted by atomic mass is 15.1. The van der Waals surface area contributed by atoms with E-state index in [0.29, 0.717) is 11.5 Å². The summed E-state index contributed by atoms with van der Waals surface area (Å²) in [5.41, 5.74) is 6.39. The molecule has 0 aromatic carbocycles. The third-order valence-corrected chi connectivity index (χ3v) is 2.98. The second kappa shape index (κ2) is 3.11. The van der Waals surface area contributed by atoms with Crippen LogP contribution in [0.4, 0.5) is 0 Å². The first kappa shape index (κ1) is 9.01. The summed E-state index contributed by atoms with van der Waals surface area (Å²) in [5, 5.41) is 0. The molecular formula is C9H20N2. The van der Waals surface area contributed by atoms with Gasteiger partial charge in [-0.05, 0) is 24.9 Å². The van der Waals surface area contributed by atoms with Gasteiger partial charge in [-0.25, -0.2) is 0 Å². The van der Waals surface area contributed by atoms with Crippen LogP contribution < -0.4 is 5.73 Å². The van der Waals surface area contributed by atoms with Gasteiger partial charge in [-0.1, -0.05) is 20.8 Å². The Morgan fingerprint density at radius 2 is 2.18 bits per heavy atom. The molecule has 0 aromatic heterocycles. The topological polar surface area (TPSA) is 29.3 Å². The molecule has 1 unspecified atom stereocenters. The van der Waals surface area contributed by atoms with Crippen molar-refractivity contribution >= 4 is 0 Å². The number of likely N-dealkylation sites (tertiary alicyclic amines) is 1.